The van der Waals surface area contributed by atoms with Crippen LogP contribution in [0.4, 0.5) is 11.4 Å². The average Bonchev–Trinajstić information content (AvgIpc) is 2.94. The van der Waals surface area contributed by atoms with Crippen LogP contribution in [-0.4, -0.2) is 40.2 Å². The molecule has 0 spiro atoms. The van der Waals surface area contributed by atoms with Crippen molar-refractivity contribution >= 4 is 44.8 Å². The van der Waals surface area contributed by atoms with Gasteiger partial charge in [0.1, 0.15) is 0 Å². The second-order valence-corrected chi connectivity index (χ2v) is 8.26. The fraction of sp³-hybridized carbons (Fsp3) is 0.222. The van der Waals surface area contributed by atoms with Crippen LogP contribution in [0.1, 0.15) is 16.8 Å². The van der Waals surface area contributed by atoms with Gasteiger partial charge in [0.05, 0.1) is 36.2 Å². The molecule has 1 N–H and O–H groups in total. The first kappa shape index (κ1) is 20.0. The third kappa shape index (κ3) is 3.76. The maximum absolute atomic E-state index is 12.7. The van der Waals surface area contributed by atoms with Crippen molar-refractivity contribution in [2.75, 3.05) is 29.6 Å². The molecule has 8 nitrogen and oxygen atoms in total. The largest absolute Gasteiger partial charge is 0.493 e. The van der Waals surface area contributed by atoms with Crippen LogP contribution in [0.25, 0.3) is 0 Å². The first-order valence-electron chi connectivity index (χ1n) is 8.15. The van der Waals surface area contributed by atoms with E-state index in [-0.39, 0.29) is 28.4 Å². The van der Waals surface area contributed by atoms with Crippen LogP contribution in [-0.2, 0) is 14.8 Å². The lowest BCUT2D eigenvalue weighted by Gasteiger charge is -2.17. The Bertz CT molecular complexity index is 1050. The van der Waals surface area contributed by atoms with E-state index in [9.17, 15) is 18.0 Å². The molecule has 2 aromatic carbocycles. The molecule has 0 saturated carbocycles. The highest BCUT2D eigenvalue weighted by Crippen LogP contribution is 2.32. The number of sulfonamides is 1. The van der Waals surface area contributed by atoms with Crippen molar-refractivity contribution in [2.45, 2.75) is 6.42 Å². The summed E-state index contributed by atoms with van der Waals surface area (Å²) in [7, 11) is -0.777. The van der Waals surface area contributed by atoms with E-state index >= 15 is 0 Å². The molecule has 1 aliphatic heterocycles. The van der Waals surface area contributed by atoms with Crippen molar-refractivity contribution in [1.29, 1.82) is 0 Å². The Hall–Kier alpha value is -2.78. The van der Waals surface area contributed by atoms with E-state index < -0.39 is 21.8 Å². The van der Waals surface area contributed by atoms with Crippen LogP contribution in [0.3, 0.4) is 0 Å². The van der Waals surface area contributed by atoms with E-state index in [0.717, 1.165) is 0 Å². The molecule has 0 radical (unpaired) electrons. The van der Waals surface area contributed by atoms with Crippen molar-refractivity contribution in [2.24, 2.45) is 0 Å². The summed E-state index contributed by atoms with van der Waals surface area (Å²) in [6.45, 7) is 0. The highest BCUT2D eigenvalue weighted by molar-refractivity contribution is 7.94. The monoisotopic (exact) mass is 424 g/mol. The maximum Gasteiger partial charge on any atom is 0.257 e. The zero-order valence-corrected chi connectivity index (χ0v) is 16.6. The van der Waals surface area contributed by atoms with Crippen LogP contribution in [0, 0.1) is 0 Å². The number of rotatable bonds is 5. The van der Waals surface area contributed by atoms with Crippen LogP contribution in [0.2, 0.25) is 5.02 Å². The minimum atomic E-state index is -3.74. The number of carbonyl (C=O) groups excluding carboxylic acids is 2. The molecule has 0 bridgehead atoms. The maximum atomic E-state index is 12.7. The molecule has 1 heterocycles. The molecular weight excluding hydrogens is 408 g/mol. The number of nitrogens with zero attached hydrogens (tertiary/aromatic N) is 1. The molecule has 0 unspecified atom stereocenters. The number of hydrogen-bond donors (Lipinski definition) is 1. The molecule has 2 amide bonds. The predicted octanol–water partition coefficient (Wildman–Crippen LogP) is 2.68. The number of anilines is 2. The van der Waals surface area contributed by atoms with Gasteiger partial charge in [-0.1, -0.05) is 11.6 Å². The average molecular weight is 425 g/mol. The van der Waals surface area contributed by atoms with Crippen molar-refractivity contribution < 1.29 is 27.5 Å². The molecule has 28 heavy (non-hydrogen) atoms. The molecule has 3 rings (SSSR count). The highest BCUT2D eigenvalue weighted by atomic mass is 35.5. The highest BCUT2D eigenvalue weighted by Gasteiger charge is 2.36. The Morgan fingerprint density at radius 1 is 1.11 bits per heavy atom. The number of carbonyl (C=O) groups is 2. The van der Waals surface area contributed by atoms with Gasteiger partial charge >= 0.3 is 0 Å². The number of ether oxygens (including phenoxy) is 2. The zero-order chi connectivity index (χ0) is 20.5. The first-order chi connectivity index (χ1) is 13.3. The van der Waals surface area contributed by atoms with Crippen LogP contribution in [0.15, 0.2) is 36.4 Å². The quantitative estimate of drug-likeness (QED) is 0.791. The molecule has 148 valence electrons. The topological polar surface area (TPSA) is 102 Å². The number of amides is 2. The third-order valence-electron chi connectivity index (χ3n) is 4.15. The van der Waals surface area contributed by atoms with Crippen LogP contribution >= 0.6 is 11.6 Å². The van der Waals surface area contributed by atoms with Gasteiger partial charge in [-0.05, 0) is 30.3 Å². The molecule has 1 saturated heterocycles. The SMILES string of the molecule is COc1ccc(NC(=O)c2cc(N3C(=O)CCS3(=O)=O)ccc2Cl)cc1OC. The lowest BCUT2D eigenvalue weighted by atomic mass is 10.1. The summed E-state index contributed by atoms with van der Waals surface area (Å²) in [6.07, 6.45) is -0.0991. The molecule has 0 atom stereocenters. The van der Waals surface area contributed by atoms with Crippen molar-refractivity contribution in [3.8, 4) is 11.5 Å². The minimum absolute atomic E-state index is 0.0313. The third-order valence-corrected chi connectivity index (χ3v) is 6.17. The van der Waals surface area contributed by atoms with Gasteiger partial charge in [-0.25, -0.2) is 12.7 Å². The summed E-state index contributed by atoms with van der Waals surface area (Å²) in [4.78, 5) is 24.6. The van der Waals surface area contributed by atoms with Gasteiger partial charge in [0.25, 0.3) is 5.91 Å². The standard InChI is InChI=1S/C18H17ClN2O6S/c1-26-15-6-3-11(9-16(15)27-2)20-18(23)13-10-12(4-5-14(13)19)21-17(22)7-8-28(21,24)25/h3-6,9-10H,7-8H2,1-2H3,(H,20,23). The summed E-state index contributed by atoms with van der Waals surface area (Å²) >= 11 is 6.12. The van der Waals surface area contributed by atoms with Crippen molar-refractivity contribution in [3.05, 3.63) is 47.0 Å². The van der Waals surface area contributed by atoms with Gasteiger partial charge < -0.3 is 14.8 Å². The van der Waals surface area contributed by atoms with Crippen molar-refractivity contribution in [1.82, 2.24) is 0 Å². The zero-order valence-electron chi connectivity index (χ0n) is 15.1. The second-order valence-electron chi connectivity index (χ2n) is 5.91. The Morgan fingerprint density at radius 2 is 1.82 bits per heavy atom. The summed E-state index contributed by atoms with van der Waals surface area (Å²) in [5.74, 6) is -0.453. The number of methoxy groups -OCH3 is 2. The van der Waals surface area contributed by atoms with Gasteiger partial charge in [-0.15, -0.1) is 0 Å². The van der Waals surface area contributed by atoms with E-state index in [0.29, 0.717) is 21.5 Å². The number of benzene rings is 2. The fourth-order valence-electron chi connectivity index (χ4n) is 2.79. The lowest BCUT2D eigenvalue weighted by molar-refractivity contribution is -0.116. The normalized spacial score (nSPS) is 15.4. The molecule has 10 heteroatoms. The molecule has 0 aliphatic carbocycles. The molecule has 1 fully saturated rings. The van der Waals surface area contributed by atoms with Gasteiger partial charge in [-0.3, -0.25) is 9.59 Å². The van der Waals surface area contributed by atoms with Gasteiger partial charge in [0.2, 0.25) is 15.9 Å². The number of halogens is 1. The smallest absolute Gasteiger partial charge is 0.257 e. The number of hydrogen-bond acceptors (Lipinski definition) is 6. The minimum Gasteiger partial charge on any atom is -0.493 e. The Labute approximate surface area is 167 Å². The fourth-order valence-corrected chi connectivity index (χ4v) is 4.45. The Kier molecular flexibility index (Phi) is 5.48. The second kappa shape index (κ2) is 7.69. The Balaban J connectivity index is 1.91. The molecule has 1 aliphatic rings. The van der Waals surface area contributed by atoms with E-state index in [1.165, 1.54) is 32.4 Å². The van der Waals surface area contributed by atoms with Crippen molar-refractivity contribution in [3.63, 3.8) is 0 Å². The lowest BCUT2D eigenvalue weighted by Crippen LogP contribution is -2.29. The predicted molar refractivity (Wildman–Crippen MR) is 105 cm³/mol. The van der Waals surface area contributed by atoms with E-state index in [4.69, 9.17) is 21.1 Å². The van der Waals surface area contributed by atoms with E-state index in [2.05, 4.69) is 5.32 Å². The van der Waals surface area contributed by atoms with Gasteiger partial charge in [0.15, 0.2) is 11.5 Å². The molecular formula is C18H17ClN2O6S. The summed E-state index contributed by atoms with van der Waals surface area (Å²) < 4.78 is 35.3. The van der Waals surface area contributed by atoms with Gasteiger partial charge in [0, 0.05) is 18.2 Å². The first-order valence-corrected chi connectivity index (χ1v) is 10.1. The van der Waals surface area contributed by atoms with E-state index in [1.54, 1.807) is 18.2 Å². The Morgan fingerprint density at radius 3 is 2.43 bits per heavy atom. The summed E-state index contributed by atoms with van der Waals surface area (Å²) in [5.41, 5.74) is 0.530. The summed E-state index contributed by atoms with van der Waals surface area (Å²) in [5, 5.41) is 2.78. The van der Waals surface area contributed by atoms with Crippen LogP contribution in [0.5, 0.6) is 11.5 Å². The number of nitrogens with one attached hydrogen (secondary N) is 1. The molecule has 0 aromatic heterocycles. The van der Waals surface area contributed by atoms with Crippen LogP contribution < -0.4 is 19.1 Å². The van der Waals surface area contributed by atoms with Gasteiger partial charge in [-0.2, -0.15) is 0 Å². The van der Waals surface area contributed by atoms with E-state index in [1.807, 2.05) is 0 Å². The molecule has 2 aromatic rings. The summed E-state index contributed by atoms with van der Waals surface area (Å²) in [6, 6.07) is 8.85.